The molecule has 8 N–H and O–H groups in total. The van der Waals surface area contributed by atoms with Crippen LogP contribution >= 0.6 is 0 Å². The van der Waals surface area contributed by atoms with E-state index in [9.17, 15) is 0 Å². The van der Waals surface area contributed by atoms with Gasteiger partial charge in [-0.1, -0.05) is 0 Å². The molecule has 0 aliphatic rings. The van der Waals surface area contributed by atoms with Gasteiger partial charge in [-0.2, -0.15) is 0 Å². The van der Waals surface area contributed by atoms with Gasteiger partial charge in [-0.25, -0.2) is 0 Å². The zero-order valence-corrected chi connectivity index (χ0v) is 14.5. The summed E-state index contributed by atoms with van der Waals surface area (Å²) in [4.78, 5) is 25.0. The third kappa shape index (κ3) is 23900. The van der Waals surface area contributed by atoms with E-state index in [-0.39, 0.29) is 105 Å². The Morgan fingerprint density at radius 3 is 0.444 bits per heavy atom. The van der Waals surface area contributed by atoms with E-state index in [1.54, 1.807) is 0 Å². The summed E-state index contributed by atoms with van der Waals surface area (Å²) in [6.45, 7) is 0. The van der Waals surface area contributed by atoms with E-state index in [1.165, 1.54) is 0 Å². The fraction of sp³-hybridized carbons (Fsp3) is 0. The van der Waals surface area contributed by atoms with Gasteiger partial charge in [0.25, 0.3) is 0 Å². The number of hydrogen-bond acceptors (Lipinski definition) is 9. The predicted octanol–water partition coefficient (Wildman–Crippen LogP) is -10.6. The molecule has 0 heterocycles. The van der Waals surface area contributed by atoms with E-state index in [0.29, 0.717) is 0 Å². The molecule has 0 amide bonds. The minimum atomic E-state index is -2.33. The molecule has 15 heteroatoms. The Hall–Kier alpha value is 0.403. The van der Waals surface area contributed by atoms with Crippen LogP contribution in [0.25, 0.3) is 0 Å². The van der Waals surface area contributed by atoms with Gasteiger partial charge in [-0.3, -0.25) is 0 Å². The van der Waals surface area contributed by atoms with E-state index in [0.717, 1.165) is 0 Å². The summed E-state index contributed by atoms with van der Waals surface area (Å²) in [5.41, 5.74) is 0. The Labute approximate surface area is 166 Å². The SMILES string of the molecule is O.O.O.O.O=C([O-])[O-].O=C([O-])[O-].O=C([O-])[O-].[Ce+3].[Ce+3]. The molecule has 0 aliphatic carbocycles. The molecule has 0 unspecified atom stereocenters. The molecule has 0 rings (SSSR count). The second-order valence-corrected chi connectivity index (χ2v) is 0.750. The molecule has 0 aromatic carbocycles. The Kier molecular flexibility index (Phi) is 185. The third-order valence-corrected chi connectivity index (χ3v) is 0. The summed E-state index contributed by atoms with van der Waals surface area (Å²) in [5.74, 6) is 0. The fourth-order valence-electron chi connectivity index (χ4n) is 0. The number of carboxylic acid groups (broad SMARTS) is 6. The van der Waals surface area contributed by atoms with Gasteiger partial charge in [0, 0.05) is 0 Å². The largest absolute Gasteiger partial charge is 3.00 e. The van der Waals surface area contributed by atoms with Crippen LogP contribution in [0.15, 0.2) is 0 Å². The Morgan fingerprint density at radius 1 is 0.444 bits per heavy atom. The van der Waals surface area contributed by atoms with Crippen LogP contribution in [0.3, 0.4) is 0 Å². The van der Waals surface area contributed by atoms with Crippen LogP contribution in [0.2, 0.25) is 0 Å². The van der Waals surface area contributed by atoms with Crippen molar-refractivity contribution < 1.29 is 150 Å². The second-order valence-electron chi connectivity index (χ2n) is 0.750. The first-order valence-corrected chi connectivity index (χ1v) is 1.84. The minimum Gasteiger partial charge on any atom is -0.652 e. The van der Waals surface area contributed by atoms with Crippen LogP contribution in [0.1, 0.15) is 0 Å². The maximum atomic E-state index is 8.33. The van der Waals surface area contributed by atoms with Gasteiger partial charge in [0.05, 0.1) is 0 Å². The van der Waals surface area contributed by atoms with E-state index in [1.807, 2.05) is 0 Å². The summed E-state index contributed by atoms with van der Waals surface area (Å²) in [6.07, 6.45) is -7.00. The number of carbonyl (C=O) groups excluding carboxylic acids is 3. The van der Waals surface area contributed by atoms with Crippen molar-refractivity contribution in [1.82, 2.24) is 0 Å². The van der Waals surface area contributed by atoms with Crippen molar-refractivity contribution in [3.05, 3.63) is 0 Å². The summed E-state index contributed by atoms with van der Waals surface area (Å²) in [5, 5.41) is 50.0. The van der Waals surface area contributed by atoms with Crippen molar-refractivity contribution in [1.29, 1.82) is 0 Å². The van der Waals surface area contributed by atoms with Gasteiger partial charge in [0.2, 0.25) is 0 Å². The van der Waals surface area contributed by atoms with Crippen molar-refractivity contribution in [2.45, 2.75) is 0 Å². The number of rotatable bonds is 0. The van der Waals surface area contributed by atoms with Crippen molar-refractivity contribution in [3.8, 4) is 0 Å². The summed E-state index contributed by atoms with van der Waals surface area (Å²) in [6, 6.07) is 0. The summed E-state index contributed by atoms with van der Waals surface area (Å²) >= 11 is 0. The second kappa shape index (κ2) is 53.0. The molecule has 0 aromatic rings. The number of carbonyl (C=O) groups is 3. The zero-order valence-electron chi connectivity index (χ0n) is 8.17. The zero-order chi connectivity index (χ0) is 10.7. The maximum Gasteiger partial charge on any atom is 3.00 e. The minimum absolute atomic E-state index is 0. The van der Waals surface area contributed by atoms with Crippen LogP contribution < -0.4 is 30.6 Å². The summed E-state index contributed by atoms with van der Waals surface area (Å²) < 4.78 is 0. The normalized spacial score (nSPS) is 4.00. The van der Waals surface area contributed by atoms with Crippen LogP contribution in [0.5, 0.6) is 0 Å². The first kappa shape index (κ1) is 63.0. The molecule has 0 aliphatic heterocycles. The molecule has 0 saturated heterocycles. The predicted molar refractivity (Wildman–Crippen MR) is 30.6 cm³/mol. The molecule has 106 valence electrons. The fourth-order valence-corrected chi connectivity index (χ4v) is 0. The maximum absolute atomic E-state index is 8.33. The topological polar surface area (TPSA) is 316 Å². The molecule has 13 nitrogen and oxygen atoms in total. The molecule has 2 radical (unpaired) electrons. The van der Waals surface area contributed by atoms with Crippen molar-refractivity contribution in [2.75, 3.05) is 0 Å². The van der Waals surface area contributed by atoms with Crippen molar-refractivity contribution >= 4 is 18.5 Å². The van der Waals surface area contributed by atoms with E-state index in [4.69, 9.17) is 45.0 Å². The molecular formula is C3H8Ce2O13. The van der Waals surface area contributed by atoms with Gasteiger partial charge in [-0.05, 0) is 18.5 Å². The molecule has 0 aromatic heterocycles. The average Bonchev–Trinajstić information content (AvgIpc) is 1.54. The van der Waals surface area contributed by atoms with Gasteiger partial charge in [0.15, 0.2) is 0 Å². The van der Waals surface area contributed by atoms with Gasteiger partial charge < -0.3 is 66.9 Å². The first-order valence-electron chi connectivity index (χ1n) is 1.84. The van der Waals surface area contributed by atoms with Crippen LogP contribution in [0, 0.1) is 83.5 Å². The monoisotopic (exact) mass is 532 g/mol. The first-order chi connectivity index (χ1) is 5.20. The van der Waals surface area contributed by atoms with E-state index in [2.05, 4.69) is 0 Å². The van der Waals surface area contributed by atoms with Crippen LogP contribution in [-0.4, -0.2) is 40.4 Å². The van der Waals surface area contributed by atoms with Gasteiger partial charge in [0.1, 0.15) is 0 Å². The van der Waals surface area contributed by atoms with Crippen molar-refractivity contribution in [3.63, 3.8) is 0 Å². The number of hydrogen-bond donors (Lipinski definition) is 0. The average molecular weight is 532 g/mol. The Balaban J connectivity index is -0.00000000827. The molecule has 0 spiro atoms. The molecule has 18 heavy (non-hydrogen) atoms. The summed E-state index contributed by atoms with van der Waals surface area (Å²) in [7, 11) is 0. The van der Waals surface area contributed by atoms with E-state index < -0.39 is 18.5 Å². The molecule has 0 bridgehead atoms. The molecular weight excluding hydrogens is 524 g/mol. The quantitative estimate of drug-likeness (QED) is 0.285. The molecule has 0 atom stereocenters. The standard InChI is InChI=1S/3CH2O3.2Ce.4H2O/c3*2-1(3)4;;;;;;/h3*(H2,2,3,4);;;4*1H2/q;;;2*+3;;;;/p-6. The molecule has 0 fully saturated rings. The molecule has 0 saturated carbocycles. The third-order valence-electron chi connectivity index (χ3n) is 0. The Morgan fingerprint density at radius 2 is 0.444 bits per heavy atom. The van der Waals surface area contributed by atoms with Crippen LogP contribution in [0.4, 0.5) is 14.4 Å². The smallest absolute Gasteiger partial charge is 0.652 e. The Bertz CT molecular complexity index is 118. The van der Waals surface area contributed by atoms with Gasteiger partial charge >= 0.3 is 83.5 Å². The van der Waals surface area contributed by atoms with Crippen LogP contribution in [-0.2, 0) is 0 Å². The van der Waals surface area contributed by atoms with E-state index >= 15 is 0 Å². The van der Waals surface area contributed by atoms with Crippen molar-refractivity contribution in [2.24, 2.45) is 0 Å². The van der Waals surface area contributed by atoms with Gasteiger partial charge in [-0.15, -0.1) is 0 Å².